The van der Waals surface area contributed by atoms with Crippen molar-refractivity contribution < 1.29 is 19.1 Å². The molecule has 114 valence electrons. The van der Waals surface area contributed by atoms with Crippen molar-refractivity contribution >= 4 is 24.6 Å². The highest BCUT2D eigenvalue weighted by atomic mass is 32.1. The Hall–Kier alpha value is -2.27. The molecule has 0 aromatic heterocycles. The lowest BCUT2D eigenvalue weighted by atomic mass is 10.1. The van der Waals surface area contributed by atoms with Gasteiger partial charge >= 0.3 is 11.9 Å². The summed E-state index contributed by atoms with van der Waals surface area (Å²) in [5.41, 5.74) is 1.19. The van der Waals surface area contributed by atoms with Gasteiger partial charge in [-0.1, -0.05) is 42.5 Å². The van der Waals surface area contributed by atoms with E-state index in [0.717, 1.165) is 5.56 Å². The van der Waals surface area contributed by atoms with Crippen molar-refractivity contribution in [2.24, 2.45) is 0 Å². The first-order valence-corrected chi connectivity index (χ1v) is 7.24. The summed E-state index contributed by atoms with van der Waals surface area (Å²) in [5, 5.41) is -0.617. The minimum Gasteiger partial charge on any atom is -0.465 e. The molecular weight excluding hydrogens is 300 g/mol. The number of rotatable bonds is 5. The molecule has 0 bridgehead atoms. The van der Waals surface area contributed by atoms with Gasteiger partial charge in [-0.2, -0.15) is 12.6 Å². The molecule has 5 heteroatoms. The van der Waals surface area contributed by atoms with Gasteiger partial charge in [0.1, 0.15) is 16.6 Å². The number of benzene rings is 2. The third-order valence-corrected chi connectivity index (χ3v) is 3.44. The van der Waals surface area contributed by atoms with E-state index in [4.69, 9.17) is 4.74 Å². The number of ether oxygens (including phenoxy) is 2. The molecule has 0 radical (unpaired) electrons. The highest BCUT2D eigenvalue weighted by Gasteiger charge is 2.20. The lowest BCUT2D eigenvalue weighted by molar-refractivity contribution is -0.133. The van der Waals surface area contributed by atoms with Crippen LogP contribution in [0.4, 0.5) is 0 Å². The molecule has 0 saturated carbocycles. The Morgan fingerprint density at radius 3 is 2.36 bits per heavy atom. The molecule has 4 nitrogen and oxygen atoms in total. The minimum atomic E-state index is -0.617. The van der Waals surface area contributed by atoms with Crippen molar-refractivity contribution in [2.45, 2.75) is 11.7 Å². The van der Waals surface area contributed by atoms with Crippen LogP contribution in [-0.2, 0) is 16.0 Å². The van der Waals surface area contributed by atoms with E-state index in [0.29, 0.717) is 6.42 Å². The van der Waals surface area contributed by atoms with Crippen LogP contribution in [0.15, 0.2) is 54.6 Å². The average Bonchev–Trinajstić information content (AvgIpc) is 2.55. The number of para-hydroxylation sites is 1. The fourth-order valence-corrected chi connectivity index (χ4v) is 2.19. The molecule has 0 aliphatic carbocycles. The highest BCUT2D eigenvalue weighted by Crippen LogP contribution is 2.20. The summed E-state index contributed by atoms with van der Waals surface area (Å²) in [6, 6.07) is 16.0. The monoisotopic (exact) mass is 316 g/mol. The molecule has 0 aliphatic rings. The van der Waals surface area contributed by atoms with Crippen LogP contribution in [0.1, 0.15) is 15.9 Å². The zero-order valence-electron chi connectivity index (χ0n) is 12.1. The third kappa shape index (κ3) is 4.11. The van der Waals surface area contributed by atoms with Crippen LogP contribution in [0.3, 0.4) is 0 Å². The van der Waals surface area contributed by atoms with E-state index in [1.54, 1.807) is 24.3 Å². The normalized spacial score (nSPS) is 11.5. The van der Waals surface area contributed by atoms with Crippen LogP contribution in [0, 0.1) is 0 Å². The number of methoxy groups -OCH3 is 1. The number of thiol groups is 1. The second kappa shape index (κ2) is 7.66. The zero-order chi connectivity index (χ0) is 15.9. The van der Waals surface area contributed by atoms with Crippen LogP contribution < -0.4 is 4.74 Å². The van der Waals surface area contributed by atoms with Gasteiger partial charge in [-0.15, -0.1) is 0 Å². The zero-order valence-corrected chi connectivity index (χ0v) is 13.0. The Balaban J connectivity index is 2.07. The Morgan fingerprint density at radius 1 is 1.05 bits per heavy atom. The molecule has 0 heterocycles. The Kier molecular flexibility index (Phi) is 5.61. The standard InChI is InChI=1S/C17H16O4S/c1-20-16(18)13-9-5-6-10-14(13)21-17(19)15(22)11-12-7-3-2-4-8-12/h2-10,15,22H,11H2,1H3. The van der Waals surface area contributed by atoms with Gasteiger partial charge in [0.15, 0.2) is 0 Å². The van der Waals surface area contributed by atoms with E-state index in [-0.39, 0.29) is 11.3 Å². The predicted molar refractivity (Wildman–Crippen MR) is 86.3 cm³/mol. The van der Waals surface area contributed by atoms with E-state index in [1.807, 2.05) is 30.3 Å². The van der Waals surface area contributed by atoms with Crippen molar-refractivity contribution in [1.29, 1.82) is 0 Å². The van der Waals surface area contributed by atoms with Gasteiger partial charge in [-0.3, -0.25) is 4.79 Å². The van der Waals surface area contributed by atoms with Crippen molar-refractivity contribution in [1.82, 2.24) is 0 Å². The average molecular weight is 316 g/mol. The predicted octanol–water partition coefficient (Wildman–Crippen LogP) is 2.92. The molecule has 2 rings (SSSR count). The summed E-state index contributed by atoms with van der Waals surface area (Å²) < 4.78 is 9.95. The number of carbonyl (C=O) groups excluding carboxylic acids is 2. The first kappa shape index (κ1) is 16.1. The smallest absolute Gasteiger partial charge is 0.341 e. The van der Waals surface area contributed by atoms with E-state index in [2.05, 4.69) is 17.4 Å². The first-order chi connectivity index (χ1) is 10.6. The van der Waals surface area contributed by atoms with Crippen molar-refractivity contribution in [3.63, 3.8) is 0 Å². The van der Waals surface area contributed by atoms with E-state index in [1.165, 1.54) is 7.11 Å². The van der Waals surface area contributed by atoms with Gasteiger partial charge < -0.3 is 9.47 Å². The van der Waals surface area contributed by atoms with Gasteiger partial charge in [-0.25, -0.2) is 4.79 Å². The fraction of sp³-hybridized carbons (Fsp3) is 0.176. The van der Waals surface area contributed by atoms with E-state index < -0.39 is 17.2 Å². The van der Waals surface area contributed by atoms with Crippen LogP contribution >= 0.6 is 12.6 Å². The Bertz CT molecular complexity index is 655. The lowest BCUT2D eigenvalue weighted by Gasteiger charge is -2.12. The summed E-state index contributed by atoms with van der Waals surface area (Å²) in [6.07, 6.45) is 0.448. The van der Waals surface area contributed by atoms with Gasteiger partial charge in [0, 0.05) is 0 Å². The molecule has 0 N–H and O–H groups in total. The number of esters is 2. The molecule has 1 atom stereocenters. The minimum absolute atomic E-state index is 0.173. The number of hydrogen-bond acceptors (Lipinski definition) is 5. The summed E-state index contributed by atoms with van der Waals surface area (Å²) >= 11 is 4.28. The SMILES string of the molecule is COC(=O)c1ccccc1OC(=O)C(S)Cc1ccccc1. The molecule has 0 aliphatic heterocycles. The third-order valence-electron chi connectivity index (χ3n) is 3.05. The topological polar surface area (TPSA) is 52.6 Å². The second-order valence-electron chi connectivity index (χ2n) is 4.61. The highest BCUT2D eigenvalue weighted by molar-refractivity contribution is 7.81. The van der Waals surface area contributed by atoms with Gasteiger partial charge in [0.05, 0.1) is 7.11 Å². The maximum atomic E-state index is 12.1. The first-order valence-electron chi connectivity index (χ1n) is 6.73. The maximum Gasteiger partial charge on any atom is 0.341 e. The molecule has 0 amide bonds. The molecule has 22 heavy (non-hydrogen) atoms. The Morgan fingerprint density at radius 2 is 1.68 bits per heavy atom. The van der Waals surface area contributed by atoms with Crippen LogP contribution in [0.2, 0.25) is 0 Å². The number of hydrogen-bond donors (Lipinski definition) is 1. The summed E-state index contributed by atoms with van der Waals surface area (Å²) in [7, 11) is 1.28. The van der Waals surface area contributed by atoms with Gasteiger partial charge in [0.2, 0.25) is 0 Å². The molecule has 0 fully saturated rings. The van der Waals surface area contributed by atoms with Crippen LogP contribution in [0.25, 0.3) is 0 Å². The summed E-state index contributed by atoms with van der Waals surface area (Å²) in [4.78, 5) is 23.8. The fourth-order valence-electron chi connectivity index (χ4n) is 1.93. The molecular formula is C17H16O4S. The quantitative estimate of drug-likeness (QED) is 0.523. The maximum absolute atomic E-state index is 12.1. The largest absolute Gasteiger partial charge is 0.465 e. The molecule has 2 aromatic carbocycles. The van der Waals surface area contributed by atoms with Crippen LogP contribution in [0.5, 0.6) is 5.75 Å². The summed E-state index contributed by atoms with van der Waals surface area (Å²) in [6.45, 7) is 0. The van der Waals surface area contributed by atoms with Gasteiger partial charge in [-0.05, 0) is 24.1 Å². The van der Waals surface area contributed by atoms with Crippen molar-refractivity contribution in [3.8, 4) is 5.75 Å². The van der Waals surface area contributed by atoms with Crippen molar-refractivity contribution in [3.05, 3.63) is 65.7 Å². The summed E-state index contributed by atoms with van der Waals surface area (Å²) in [5.74, 6) is -0.892. The lowest BCUT2D eigenvalue weighted by Crippen LogP contribution is -2.24. The van der Waals surface area contributed by atoms with E-state index >= 15 is 0 Å². The Labute approximate surface area is 134 Å². The van der Waals surface area contributed by atoms with Crippen LogP contribution in [-0.4, -0.2) is 24.3 Å². The second-order valence-corrected chi connectivity index (χ2v) is 5.24. The van der Waals surface area contributed by atoms with Gasteiger partial charge in [0.25, 0.3) is 0 Å². The molecule has 0 spiro atoms. The molecule has 0 saturated heterocycles. The van der Waals surface area contributed by atoms with E-state index in [9.17, 15) is 9.59 Å². The molecule has 1 unspecified atom stereocenters. The number of carbonyl (C=O) groups is 2. The molecule has 2 aromatic rings. The van der Waals surface area contributed by atoms with Crippen molar-refractivity contribution in [2.75, 3.05) is 7.11 Å².